The summed E-state index contributed by atoms with van der Waals surface area (Å²) in [6, 6.07) is 0.413. The number of hydrogen-bond acceptors (Lipinski definition) is 2. The molecule has 5 heteroatoms. The summed E-state index contributed by atoms with van der Waals surface area (Å²) >= 11 is 0. The third-order valence-corrected chi connectivity index (χ3v) is 4.56. The van der Waals surface area contributed by atoms with Gasteiger partial charge in [-0.1, -0.05) is 19.8 Å². The molecule has 2 aliphatic rings. The smallest absolute Gasteiger partial charge is 0.317 e. The molecule has 2 rings (SSSR count). The SMILES string of the molecule is CCCCN(C(=O)NCC1(CC(=O)O)CCC1)C1CC1. The molecule has 0 aromatic heterocycles. The van der Waals surface area contributed by atoms with Crippen LogP contribution in [0.4, 0.5) is 4.79 Å². The predicted molar refractivity (Wildman–Crippen MR) is 76.6 cm³/mol. The summed E-state index contributed by atoms with van der Waals surface area (Å²) in [5.41, 5.74) is -0.193. The molecule has 2 N–H and O–H groups in total. The van der Waals surface area contributed by atoms with Crippen molar-refractivity contribution in [2.45, 2.75) is 64.3 Å². The molecule has 2 amide bonds. The molecular weight excluding hydrogens is 256 g/mol. The fourth-order valence-corrected chi connectivity index (χ4v) is 2.94. The zero-order chi connectivity index (χ0) is 14.6. The minimum absolute atomic E-state index is 0.00221. The molecule has 2 saturated carbocycles. The minimum atomic E-state index is -0.760. The van der Waals surface area contributed by atoms with E-state index in [0.29, 0.717) is 12.6 Å². The molecule has 0 radical (unpaired) electrons. The summed E-state index contributed by atoms with van der Waals surface area (Å²) in [5, 5.41) is 12.0. The third-order valence-electron chi connectivity index (χ3n) is 4.56. The Morgan fingerprint density at radius 3 is 2.50 bits per heavy atom. The van der Waals surface area contributed by atoms with Crippen LogP contribution in [0.25, 0.3) is 0 Å². The third kappa shape index (κ3) is 3.87. The number of nitrogens with zero attached hydrogens (tertiary/aromatic N) is 1. The second-order valence-electron chi connectivity index (χ2n) is 6.36. The van der Waals surface area contributed by atoms with Gasteiger partial charge >= 0.3 is 12.0 Å². The van der Waals surface area contributed by atoms with E-state index in [4.69, 9.17) is 5.11 Å². The average Bonchev–Trinajstić information content (AvgIpc) is 3.17. The molecule has 5 nitrogen and oxygen atoms in total. The van der Waals surface area contributed by atoms with Crippen molar-refractivity contribution < 1.29 is 14.7 Å². The van der Waals surface area contributed by atoms with Gasteiger partial charge in [0.2, 0.25) is 0 Å². The fraction of sp³-hybridized carbons (Fsp3) is 0.867. The Bertz CT molecular complexity index is 362. The Labute approximate surface area is 120 Å². The van der Waals surface area contributed by atoms with Crippen molar-refractivity contribution in [1.82, 2.24) is 10.2 Å². The first kappa shape index (κ1) is 15.1. The van der Waals surface area contributed by atoms with Crippen molar-refractivity contribution in [2.24, 2.45) is 5.41 Å². The highest BCUT2D eigenvalue weighted by atomic mass is 16.4. The number of aliphatic carboxylic acids is 1. The number of carbonyl (C=O) groups is 2. The molecule has 0 spiro atoms. The number of carboxylic acid groups (broad SMARTS) is 1. The van der Waals surface area contributed by atoms with E-state index in [1.165, 1.54) is 0 Å². The number of carboxylic acids is 1. The Morgan fingerprint density at radius 1 is 1.35 bits per heavy atom. The molecule has 0 aromatic carbocycles. The van der Waals surface area contributed by atoms with Crippen LogP contribution in [0.1, 0.15) is 58.3 Å². The van der Waals surface area contributed by atoms with Crippen LogP contribution in [0, 0.1) is 5.41 Å². The van der Waals surface area contributed by atoms with E-state index in [2.05, 4.69) is 12.2 Å². The van der Waals surface area contributed by atoms with E-state index in [9.17, 15) is 9.59 Å². The summed E-state index contributed by atoms with van der Waals surface area (Å²) in [7, 11) is 0. The second-order valence-corrected chi connectivity index (χ2v) is 6.36. The maximum Gasteiger partial charge on any atom is 0.317 e. The molecule has 2 fully saturated rings. The summed E-state index contributed by atoms with van der Waals surface area (Å²) < 4.78 is 0. The van der Waals surface area contributed by atoms with Crippen molar-refractivity contribution in [3.8, 4) is 0 Å². The zero-order valence-electron chi connectivity index (χ0n) is 12.4. The van der Waals surface area contributed by atoms with Gasteiger partial charge in [0.05, 0.1) is 6.42 Å². The summed E-state index contributed by atoms with van der Waals surface area (Å²) in [4.78, 5) is 25.1. The van der Waals surface area contributed by atoms with E-state index < -0.39 is 5.97 Å². The molecule has 114 valence electrons. The average molecular weight is 282 g/mol. The number of nitrogens with one attached hydrogen (secondary N) is 1. The normalized spacial score (nSPS) is 20.1. The summed E-state index contributed by atoms with van der Waals surface area (Å²) in [5.74, 6) is -0.760. The minimum Gasteiger partial charge on any atom is -0.481 e. The van der Waals surface area contributed by atoms with Crippen LogP contribution in [0.2, 0.25) is 0 Å². The van der Waals surface area contributed by atoms with Crippen LogP contribution in [-0.4, -0.2) is 41.1 Å². The Hall–Kier alpha value is -1.26. The van der Waals surface area contributed by atoms with Crippen LogP contribution in [-0.2, 0) is 4.79 Å². The number of carbonyl (C=O) groups excluding carboxylic acids is 1. The molecule has 0 saturated heterocycles. The Balaban J connectivity index is 1.81. The van der Waals surface area contributed by atoms with Gasteiger partial charge in [0.15, 0.2) is 0 Å². The van der Waals surface area contributed by atoms with Gasteiger partial charge in [-0.3, -0.25) is 4.79 Å². The fourth-order valence-electron chi connectivity index (χ4n) is 2.94. The predicted octanol–water partition coefficient (Wildman–Crippen LogP) is 2.61. The highest BCUT2D eigenvalue weighted by Crippen LogP contribution is 2.43. The largest absolute Gasteiger partial charge is 0.481 e. The lowest BCUT2D eigenvalue weighted by Crippen LogP contribution is -2.48. The van der Waals surface area contributed by atoms with Crippen LogP contribution in [0.3, 0.4) is 0 Å². The van der Waals surface area contributed by atoms with E-state index in [0.717, 1.165) is 51.5 Å². The van der Waals surface area contributed by atoms with E-state index in [-0.39, 0.29) is 17.9 Å². The molecular formula is C15H26N2O3. The summed E-state index contributed by atoms with van der Waals surface area (Å²) in [6.07, 6.45) is 7.41. The molecule has 20 heavy (non-hydrogen) atoms. The highest BCUT2D eigenvalue weighted by molar-refractivity contribution is 5.75. The van der Waals surface area contributed by atoms with Crippen LogP contribution >= 0.6 is 0 Å². The summed E-state index contributed by atoms with van der Waals surface area (Å²) in [6.45, 7) is 3.45. The van der Waals surface area contributed by atoms with Gasteiger partial charge < -0.3 is 15.3 Å². The number of amides is 2. The highest BCUT2D eigenvalue weighted by Gasteiger charge is 2.40. The first-order valence-electron chi connectivity index (χ1n) is 7.82. The number of hydrogen-bond donors (Lipinski definition) is 2. The first-order chi connectivity index (χ1) is 9.56. The van der Waals surface area contributed by atoms with Crippen LogP contribution in [0.5, 0.6) is 0 Å². The molecule has 0 unspecified atom stereocenters. The molecule has 0 heterocycles. The van der Waals surface area contributed by atoms with Crippen molar-refractivity contribution in [2.75, 3.05) is 13.1 Å². The Morgan fingerprint density at radius 2 is 2.05 bits per heavy atom. The topological polar surface area (TPSA) is 69.6 Å². The zero-order valence-corrected chi connectivity index (χ0v) is 12.4. The lowest BCUT2D eigenvalue weighted by Gasteiger charge is -2.41. The van der Waals surface area contributed by atoms with Crippen LogP contribution < -0.4 is 5.32 Å². The van der Waals surface area contributed by atoms with Gasteiger partial charge in [-0.25, -0.2) is 4.79 Å². The van der Waals surface area contributed by atoms with Crippen LogP contribution in [0.15, 0.2) is 0 Å². The number of rotatable bonds is 8. The Kier molecular flexibility index (Phi) is 4.89. The maximum atomic E-state index is 12.3. The van der Waals surface area contributed by atoms with E-state index in [1.54, 1.807) is 0 Å². The van der Waals surface area contributed by atoms with Gasteiger partial charge in [-0.2, -0.15) is 0 Å². The second kappa shape index (κ2) is 6.46. The molecule has 2 aliphatic carbocycles. The van der Waals surface area contributed by atoms with Gasteiger partial charge in [0.25, 0.3) is 0 Å². The van der Waals surface area contributed by atoms with Crippen molar-refractivity contribution in [3.63, 3.8) is 0 Å². The molecule has 0 bridgehead atoms. The van der Waals surface area contributed by atoms with Crippen molar-refractivity contribution in [1.29, 1.82) is 0 Å². The lowest BCUT2D eigenvalue weighted by molar-refractivity contribution is -0.141. The molecule has 0 aliphatic heterocycles. The van der Waals surface area contributed by atoms with Gasteiger partial charge in [0, 0.05) is 19.1 Å². The van der Waals surface area contributed by atoms with E-state index >= 15 is 0 Å². The van der Waals surface area contributed by atoms with Gasteiger partial charge in [-0.05, 0) is 37.5 Å². The van der Waals surface area contributed by atoms with Crippen molar-refractivity contribution >= 4 is 12.0 Å². The number of urea groups is 1. The van der Waals surface area contributed by atoms with E-state index in [1.807, 2.05) is 4.90 Å². The first-order valence-corrected chi connectivity index (χ1v) is 7.82. The monoisotopic (exact) mass is 282 g/mol. The van der Waals surface area contributed by atoms with Gasteiger partial charge in [0.1, 0.15) is 0 Å². The quantitative estimate of drug-likeness (QED) is 0.719. The molecule has 0 atom stereocenters. The lowest BCUT2D eigenvalue weighted by atomic mass is 9.66. The maximum absolute atomic E-state index is 12.3. The molecule has 0 aromatic rings. The van der Waals surface area contributed by atoms with Gasteiger partial charge in [-0.15, -0.1) is 0 Å². The van der Waals surface area contributed by atoms with Crippen molar-refractivity contribution in [3.05, 3.63) is 0 Å². The standard InChI is InChI=1S/C15H26N2O3/c1-2-3-9-17(12-5-6-12)14(20)16-11-15(7-4-8-15)10-13(18)19/h12H,2-11H2,1H3,(H,16,20)(H,18,19). The number of unbranched alkanes of at least 4 members (excludes halogenated alkanes) is 1.